The van der Waals surface area contributed by atoms with Crippen LogP contribution in [-0.4, -0.2) is 62.2 Å². The van der Waals surface area contributed by atoms with Gasteiger partial charge in [-0.05, 0) is 25.5 Å². The van der Waals surface area contributed by atoms with Crippen LogP contribution in [0.3, 0.4) is 0 Å². The highest BCUT2D eigenvalue weighted by atomic mass is 32.2. The molecule has 2 amide bonds. The molecule has 2 aliphatic rings. The fraction of sp³-hybridized carbons (Fsp3) is 0.471. The summed E-state index contributed by atoms with van der Waals surface area (Å²) >= 11 is 1.41. The van der Waals surface area contributed by atoms with E-state index >= 15 is 0 Å². The first kappa shape index (κ1) is 19.7. The van der Waals surface area contributed by atoms with E-state index in [4.69, 9.17) is 4.74 Å². The molecule has 2 heterocycles. The molecule has 146 valence electrons. The van der Waals surface area contributed by atoms with Crippen LogP contribution in [0, 0.1) is 0 Å². The van der Waals surface area contributed by atoms with Gasteiger partial charge in [-0.25, -0.2) is 8.42 Å². The minimum atomic E-state index is -3.11. The molecule has 0 spiro atoms. The molecule has 1 aromatic carbocycles. The van der Waals surface area contributed by atoms with Gasteiger partial charge in [-0.2, -0.15) is 0 Å². The van der Waals surface area contributed by atoms with Crippen LogP contribution in [0.2, 0.25) is 0 Å². The number of anilines is 1. The summed E-state index contributed by atoms with van der Waals surface area (Å²) in [5, 5.41) is 2.59. The van der Waals surface area contributed by atoms with E-state index in [1.165, 1.54) is 23.6 Å². The second-order valence-corrected chi connectivity index (χ2v) is 9.72. The lowest BCUT2D eigenvalue weighted by Gasteiger charge is -2.28. The van der Waals surface area contributed by atoms with Crippen LogP contribution in [0.5, 0.6) is 0 Å². The quantitative estimate of drug-likeness (QED) is 0.696. The van der Waals surface area contributed by atoms with Gasteiger partial charge in [0, 0.05) is 10.9 Å². The van der Waals surface area contributed by atoms with Gasteiger partial charge in [-0.3, -0.25) is 19.3 Å². The van der Waals surface area contributed by atoms with Crippen molar-refractivity contribution in [1.29, 1.82) is 0 Å². The predicted octanol–water partition coefficient (Wildman–Crippen LogP) is 0.360. The van der Waals surface area contributed by atoms with E-state index < -0.39 is 33.9 Å². The van der Waals surface area contributed by atoms with Gasteiger partial charge in [0.15, 0.2) is 15.9 Å². The summed E-state index contributed by atoms with van der Waals surface area (Å²) in [4.78, 5) is 38.8. The normalized spacial score (nSPS) is 22.0. The lowest BCUT2D eigenvalue weighted by molar-refractivity contribution is -0.154. The number of ether oxygens (including phenoxy) is 1. The molecule has 0 aromatic heterocycles. The van der Waals surface area contributed by atoms with Gasteiger partial charge in [-0.15, -0.1) is 11.8 Å². The average Bonchev–Trinajstić information content (AvgIpc) is 2.95. The molecule has 0 radical (unpaired) electrons. The molecule has 1 aromatic rings. The maximum atomic E-state index is 12.2. The average molecular weight is 412 g/mol. The van der Waals surface area contributed by atoms with Gasteiger partial charge < -0.3 is 10.1 Å². The number of benzene rings is 1. The summed E-state index contributed by atoms with van der Waals surface area (Å²) in [5.41, 5.74) is 0.643. The molecular formula is C17H20N2O6S2. The molecule has 1 saturated heterocycles. The molecule has 1 N–H and O–H groups in total. The molecular weight excluding hydrogens is 392 g/mol. The zero-order chi connectivity index (χ0) is 19.6. The smallest absolute Gasteiger partial charge is 0.326 e. The second kappa shape index (κ2) is 7.89. The first-order valence-electron chi connectivity index (χ1n) is 8.47. The van der Waals surface area contributed by atoms with Crippen molar-refractivity contribution in [2.45, 2.75) is 30.4 Å². The van der Waals surface area contributed by atoms with Crippen LogP contribution in [-0.2, 0) is 29.0 Å². The van der Waals surface area contributed by atoms with E-state index in [-0.39, 0.29) is 29.7 Å². The summed E-state index contributed by atoms with van der Waals surface area (Å²) in [6.07, 6.45) is -0.726. The van der Waals surface area contributed by atoms with Gasteiger partial charge in [-0.1, -0.05) is 12.1 Å². The van der Waals surface area contributed by atoms with Crippen LogP contribution in [0.4, 0.5) is 5.69 Å². The molecule has 10 heteroatoms. The Balaban J connectivity index is 1.56. The highest BCUT2D eigenvalue weighted by molar-refractivity contribution is 8.00. The van der Waals surface area contributed by atoms with E-state index in [2.05, 4.69) is 5.32 Å². The Kier molecular flexibility index (Phi) is 5.75. The Hall–Kier alpha value is -2.07. The zero-order valence-corrected chi connectivity index (χ0v) is 16.3. The van der Waals surface area contributed by atoms with Gasteiger partial charge in [0.25, 0.3) is 5.91 Å². The molecule has 2 atom stereocenters. The fourth-order valence-electron chi connectivity index (χ4n) is 2.97. The Morgan fingerprint density at radius 1 is 1.37 bits per heavy atom. The number of nitrogens with zero attached hydrogens (tertiary/aromatic N) is 1. The van der Waals surface area contributed by atoms with Crippen molar-refractivity contribution in [3.63, 3.8) is 0 Å². The Bertz CT molecular complexity index is 870. The SMILES string of the molecule is C[C@@H](OC(=O)CN1C(=O)CSc2ccccc21)C(=O)N[C@@H]1CCS(=O)(=O)C1. The lowest BCUT2D eigenvalue weighted by Crippen LogP contribution is -2.45. The summed E-state index contributed by atoms with van der Waals surface area (Å²) < 4.78 is 28.0. The molecule has 0 bridgehead atoms. The minimum Gasteiger partial charge on any atom is -0.451 e. The van der Waals surface area contributed by atoms with E-state index in [0.717, 1.165) is 4.90 Å². The molecule has 1 fully saturated rings. The highest BCUT2D eigenvalue weighted by Gasteiger charge is 2.32. The number of carbonyl (C=O) groups is 3. The number of fused-ring (bicyclic) bond motifs is 1. The van der Waals surface area contributed by atoms with Crippen LogP contribution in [0.15, 0.2) is 29.2 Å². The second-order valence-electron chi connectivity index (χ2n) is 6.48. The summed E-state index contributed by atoms with van der Waals surface area (Å²) in [6, 6.07) is 6.80. The molecule has 8 nitrogen and oxygen atoms in total. The third-order valence-corrected chi connectivity index (χ3v) is 7.17. The van der Waals surface area contributed by atoms with Crippen LogP contribution in [0.1, 0.15) is 13.3 Å². The van der Waals surface area contributed by atoms with Gasteiger partial charge in [0.1, 0.15) is 6.54 Å². The van der Waals surface area contributed by atoms with Crippen molar-refractivity contribution >= 4 is 45.1 Å². The fourth-order valence-corrected chi connectivity index (χ4v) is 5.58. The van der Waals surface area contributed by atoms with Crippen molar-refractivity contribution in [3.05, 3.63) is 24.3 Å². The first-order valence-corrected chi connectivity index (χ1v) is 11.3. The highest BCUT2D eigenvalue weighted by Crippen LogP contribution is 2.34. The zero-order valence-electron chi connectivity index (χ0n) is 14.7. The third-order valence-electron chi connectivity index (χ3n) is 4.35. The molecule has 27 heavy (non-hydrogen) atoms. The van der Waals surface area contributed by atoms with E-state index in [1.54, 1.807) is 12.1 Å². The summed E-state index contributed by atoms with van der Waals surface area (Å²) in [6.45, 7) is 1.13. The monoisotopic (exact) mass is 412 g/mol. The maximum Gasteiger partial charge on any atom is 0.326 e. The maximum absolute atomic E-state index is 12.2. The minimum absolute atomic E-state index is 0.0423. The first-order chi connectivity index (χ1) is 12.7. The number of para-hydroxylation sites is 1. The Morgan fingerprint density at radius 2 is 2.11 bits per heavy atom. The summed E-state index contributed by atoms with van der Waals surface area (Å²) in [5.74, 6) is -1.28. The van der Waals surface area contributed by atoms with E-state index in [0.29, 0.717) is 12.1 Å². The van der Waals surface area contributed by atoms with E-state index in [9.17, 15) is 22.8 Å². The number of hydrogen-bond donors (Lipinski definition) is 1. The summed E-state index contributed by atoms with van der Waals surface area (Å²) in [7, 11) is -3.11. The molecule has 2 aliphatic heterocycles. The van der Waals surface area contributed by atoms with Crippen molar-refractivity contribution in [3.8, 4) is 0 Å². The van der Waals surface area contributed by atoms with E-state index in [1.807, 2.05) is 12.1 Å². The van der Waals surface area contributed by atoms with Gasteiger partial charge >= 0.3 is 5.97 Å². The molecule has 3 rings (SSSR count). The number of esters is 1. The van der Waals surface area contributed by atoms with Crippen molar-refractivity contribution in [1.82, 2.24) is 5.32 Å². The number of thioether (sulfide) groups is 1. The number of carbonyl (C=O) groups excluding carboxylic acids is 3. The number of rotatable bonds is 5. The van der Waals surface area contributed by atoms with Crippen LogP contribution >= 0.6 is 11.8 Å². The number of amides is 2. The number of sulfone groups is 1. The number of hydrogen-bond acceptors (Lipinski definition) is 7. The Morgan fingerprint density at radius 3 is 2.81 bits per heavy atom. The molecule has 0 unspecified atom stereocenters. The van der Waals surface area contributed by atoms with Crippen LogP contribution in [0.25, 0.3) is 0 Å². The molecule has 0 saturated carbocycles. The van der Waals surface area contributed by atoms with Gasteiger partial charge in [0.2, 0.25) is 5.91 Å². The largest absolute Gasteiger partial charge is 0.451 e. The third kappa shape index (κ3) is 4.81. The van der Waals surface area contributed by atoms with Crippen molar-refractivity contribution in [2.75, 3.05) is 28.7 Å². The topological polar surface area (TPSA) is 110 Å². The molecule has 0 aliphatic carbocycles. The van der Waals surface area contributed by atoms with Gasteiger partial charge in [0.05, 0.1) is 22.9 Å². The number of nitrogens with one attached hydrogen (secondary N) is 1. The van der Waals surface area contributed by atoms with Crippen molar-refractivity contribution < 1.29 is 27.5 Å². The Labute approximate surface area is 161 Å². The predicted molar refractivity (Wildman–Crippen MR) is 100 cm³/mol. The van der Waals surface area contributed by atoms with Crippen molar-refractivity contribution in [2.24, 2.45) is 0 Å². The lowest BCUT2D eigenvalue weighted by atomic mass is 10.2. The standard InChI is InChI=1S/C17H20N2O6S2/c1-11(17(22)18-12-6-7-27(23,24)10-12)25-16(21)8-19-13-4-2-3-5-14(13)26-9-15(19)20/h2-5,11-12H,6-10H2,1H3,(H,18,22)/t11-,12-/m1/s1. The van der Waals surface area contributed by atoms with Crippen LogP contribution < -0.4 is 10.2 Å².